The summed E-state index contributed by atoms with van der Waals surface area (Å²) >= 11 is 6.61. The van der Waals surface area contributed by atoms with Gasteiger partial charge in [-0.05, 0) is 61.7 Å². The van der Waals surface area contributed by atoms with Gasteiger partial charge < -0.3 is 29.4 Å². The lowest BCUT2D eigenvalue weighted by atomic mass is 9.96. The van der Waals surface area contributed by atoms with Crippen molar-refractivity contribution in [2.24, 2.45) is 13.0 Å². The normalized spacial score (nSPS) is 18.9. The minimum Gasteiger partial charge on any atom is -0.493 e. The molecule has 4 aromatic rings. The number of benzene rings is 3. The first-order valence-corrected chi connectivity index (χ1v) is 17.0. The predicted molar refractivity (Wildman–Crippen MR) is 184 cm³/mol. The lowest BCUT2D eigenvalue weighted by molar-refractivity contribution is -0.141. The third kappa shape index (κ3) is 6.20. The Hall–Kier alpha value is -4.52. The quantitative estimate of drug-likeness (QED) is 0.211. The van der Waals surface area contributed by atoms with Gasteiger partial charge in [0.15, 0.2) is 23.1 Å². The van der Waals surface area contributed by atoms with Crippen molar-refractivity contribution in [1.82, 2.24) is 19.4 Å². The Kier molecular flexibility index (Phi) is 9.27. The molecule has 7 rings (SSSR count). The van der Waals surface area contributed by atoms with Gasteiger partial charge in [0.25, 0.3) is 5.91 Å². The van der Waals surface area contributed by atoms with E-state index in [1.807, 2.05) is 24.1 Å². The van der Waals surface area contributed by atoms with Crippen LogP contribution in [0, 0.1) is 17.6 Å². The van der Waals surface area contributed by atoms with Crippen molar-refractivity contribution in [3.05, 3.63) is 93.0 Å². The fraction of sp³-hybridized carbons (Fsp3) is 0.378. The van der Waals surface area contributed by atoms with Crippen LogP contribution in [0.15, 0.2) is 42.5 Å². The number of likely N-dealkylation sites (N-methyl/N-ethyl adjacent to an activating group) is 1. The molecule has 2 atom stereocenters. The molecule has 1 amide bonds. The predicted octanol–water partition coefficient (Wildman–Crippen LogP) is 6.24. The van der Waals surface area contributed by atoms with E-state index in [4.69, 9.17) is 21.1 Å². The van der Waals surface area contributed by atoms with Crippen LogP contribution >= 0.6 is 11.6 Å². The lowest BCUT2D eigenvalue weighted by Gasteiger charge is -2.22. The molecule has 2 unspecified atom stereocenters. The fourth-order valence-electron chi connectivity index (χ4n) is 7.51. The van der Waals surface area contributed by atoms with Gasteiger partial charge in [-0.2, -0.15) is 4.39 Å². The molecular formula is C37H38ClF2N5O5. The summed E-state index contributed by atoms with van der Waals surface area (Å²) in [6.45, 7) is 2.73. The molecule has 2 N–H and O–H groups in total. The number of nitrogens with zero attached hydrogens (tertiary/aromatic N) is 4. The number of hydrogen-bond acceptors (Lipinski definition) is 7. The third-order valence-corrected chi connectivity index (χ3v) is 10.4. The number of aromatic nitrogens is 2. The monoisotopic (exact) mass is 705 g/mol. The number of rotatable bonds is 9. The van der Waals surface area contributed by atoms with Crippen molar-refractivity contribution < 1.29 is 33.0 Å². The average Bonchev–Trinajstić information content (AvgIpc) is 3.81. The van der Waals surface area contributed by atoms with Gasteiger partial charge in [0.2, 0.25) is 5.82 Å². The van der Waals surface area contributed by atoms with Crippen LogP contribution in [-0.4, -0.2) is 70.1 Å². The maximum atomic E-state index is 16.2. The van der Waals surface area contributed by atoms with Crippen molar-refractivity contribution in [2.75, 3.05) is 39.1 Å². The molecule has 3 aliphatic rings. The summed E-state index contributed by atoms with van der Waals surface area (Å²) in [4.78, 5) is 33.4. The second kappa shape index (κ2) is 13.7. The van der Waals surface area contributed by atoms with Crippen LogP contribution in [0.2, 0.25) is 5.02 Å². The zero-order valence-corrected chi connectivity index (χ0v) is 28.8. The number of carbonyl (C=O) groups is 2. The van der Waals surface area contributed by atoms with Gasteiger partial charge in [-0.1, -0.05) is 41.9 Å². The minimum absolute atomic E-state index is 0.00544. The molecule has 0 saturated carbocycles. The van der Waals surface area contributed by atoms with Crippen LogP contribution in [0.1, 0.15) is 57.6 Å². The smallest absolute Gasteiger partial charge is 0.307 e. The molecule has 1 saturated heterocycles. The zero-order chi connectivity index (χ0) is 35.3. The Morgan fingerprint density at radius 3 is 2.58 bits per heavy atom. The molecule has 262 valence electrons. The third-order valence-electron chi connectivity index (χ3n) is 10.1. The number of likely N-dealkylation sites (tertiary alicyclic amines) is 1. The molecule has 10 nitrogen and oxygen atoms in total. The number of carboxylic acid groups (broad SMARTS) is 1. The van der Waals surface area contributed by atoms with Gasteiger partial charge in [0.05, 0.1) is 29.4 Å². The van der Waals surface area contributed by atoms with Crippen LogP contribution in [0.25, 0.3) is 11.1 Å². The largest absolute Gasteiger partial charge is 0.493 e. The highest BCUT2D eigenvalue weighted by molar-refractivity contribution is 6.32. The van der Waals surface area contributed by atoms with Gasteiger partial charge in [-0.3, -0.25) is 14.5 Å². The number of ether oxygens (including phenoxy) is 2. The van der Waals surface area contributed by atoms with Gasteiger partial charge >= 0.3 is 5.97 Å². The minimum atomic E-state index is -0.846. The molecular weight excluding hydrogens is 668 g/mol. The van der Waals surface area contributed by atoms with Gasteiger partial charge in [-0.25, -0.2) is 9.37 Å². The highest BCUT2D eigenvalue weighted by Gasteiger charge is 2.33. The summed E-state index contributed by atoms with van der Waals surface area (Å²) in [7, 11) is 5.18. The van der Waals surface area contributed by atoms with Gasteiger partial charge in [0, 0.05) is 56.5 Å². The number of nitrogens with one attached hydrogen (secondary N) is 1. The van der Waals surface area contributed by atoms with Crippen LogP contribution < -0.4 is 14.8 Å². The van der Waals surface area contributed by atoms with Crippen molar-refractivity contribution >= 4 is 29.2 Å². The summed E-state index contributed by atoms with van der Waals surface area (Å²) in [6.07, 6.45) is 1.80. The maximum absolute atomic E-state index is 16.2. The number of imidazole rings is 1. The fourth-order valence-corrected chi connectivity index (χ4v) is 7.77. The molecule has 0 radical (unpaired) electrons. The van der Waals surface area contributed by atoms with Crippen LogP contribution in [0.3, 0.4) is 0 Å². The van der Waals surface area contributed by atoms with Gasteiger partial charge in [-0.15, -0.1) is 0 Å². The van der Waals surface area contributed by atoms with E-state index in [9.17, 15) is 14.7 Å². The van der Waals surface area contributed by atoms with E-state index in [-0.39, 0.29) is 34.6 Å². The van der Waals surface area contributed by atoms with Crippen molar-refractivity contribution in [1.29, 1.82) is 0 Å². The van der Waals surface area contributed by atoms with E-state index in [0.29, 0.717) is 55.6 Å². The molecule has 13 heteroatoms. The van der Waals surface area contributed by atoms with Crippen molar-refractivity contribution in [3.8, 4) is 22.6 Å². The molecule has 2 aliphatic heterocycles. The van der Waals surface area contributed by atoms with Crippen molar-refractivity contribution in [3.63, 3.8) is 0 Å². The first-order valence-electron chi connectivity index (χ1n) is 16.7. The number of hydrogen-bond donors (Lipinski definition) is 2. The second-order valence-electron chi connectivity index (χ2n) is 13.3. The number of aliphatic carboxylic acids is 1. The average molecular weight is 706 g/mol. The van der Waals surface area contributed by atoms with Gasteiger partial charge in [0.1, 0.15) is 6.10 Å². The van der Waals surface area contributed by atoms with E-state index >= 15 is 8.78 Å². The molecule has 0 spiro atoms. The molecule has 1 fully saturated rings. The topological polar surface area (TPSA) is 109 Å². The van der Waals surface area contributed by atoms with Crippen molar-refractivity contribution in [2.45, 2.75) is 44.9 Å². The Balaban J connectivity index is 1.12. The summed E-state index contributed by atoms with van der Waals surface area (Å²) in [6, 6.07) is 12.0. The highest BCUT2D eigenvalue weighted by atomic mass is 35.5. The summed E-state index contributed by atoms with van der Waals surface area (Å²) in [5.41, 5.74) is 5.03. The second-order valence-corrected chi connectivity index (χ2v) is 13.7. The molecule has 1 aliphatic carbocycles. The Morgan fingerprint density at radius 2 is 1.82 bits per heavy atom. The molecule has 1 aromatic heterocycles. The number of carboxylic acids is 1. The summed E-state index contributed by atoms with van der Waals surface area (Å²) in [5, 5.41) is 12.2. The Labute approximate surface area is 293 Å². The van der Waals surface area contributed by atoms with Crippen LogP contribution in [-0.2, 0) is 37.8 Å². The molecule has 3 heterocycles. The maximum Gasteiger partial charge on any atom is 0.307 e. The molecule has 0 bridgehead atoms. The number of carbonyl (C=O) groups excluding carboxylic acids is 1. The highest BCUT2D eigenvalue weighted by Crippen LogP contribution is 2.45. The standard InChI is InChI=1S/C37H38ClF2N5O5/c1-43-14-13-29-28(19-43)41-35(44(29)2)36(46)42-27-9-5-8-25(31(27)39)22-6-4-7-24-23(22)10-11-30(24)50-34-26(38)16-21(33(49-3)32(34)40)18-45-15-12-20(17-45)37(47)48/h4-9,16,20,30H,10-15,17-19H2,1-3H3,(H,42,46)(H,47,48). The van der Waals surface area contributed by atoms with E-state index in [1.54, 1.807) is 35.9 Å². The van der Waals surface area contributed by atoms with E-state index in [1.165, 1.54) is 13.2 Å². The van der Waals surface area contributed by atoms with E-state index < -0.39 is 35.5 Å². The molecule has 50 heavy (non-hydrogen) atoms. The number of halogens is 3. The number of anilines is 1. The lowest BCUT2D eigenvalue weighted by Crippen LogP contribution is -2.27. The number of amides is 1. The number of fused-ring (bicyclic) bond motifs is 2. The Morgan fingerprint density at radius 1 is 1.04 bits per heavy atom. The summed E-state index contributed by atoms with van der Waals surface area (Å²) in [5.74, 6) is -3.02. The first-order chi connectivity index (χ1) is 24.0. The van der Waals surface area contributed by atoms with Crippen LogP contribution in [0.4, 0.5) is 14.5 Å². The van der Waals surface area contributed by atoms with E-state index in [2.05, 4.69) is 15.2 Å². The van der Waals surface area contributed by atoms with E-state index in [0.717, 1.165) is 35.5 Å². The molecule has 3 aromatic carbocycles. The zero-order valence-electron chi connectivity index (χ0n) is 28.1. The van der Waals surface area contributed by atoms with Crippen LogP contribution in [0.5, 0.6) is 11.5 Å². The first kappa shape index (κ1) is 34.0. The SMILES string of the molecule is COc1c(CN2CCC(C(=O)O)C2)cc(Cl)c(OC2CCc3c(-c4cccc(NC(=O)c5nc6c(n5C)CCN(C)C6)c4F)cccc32)c1F. The number of methoxy groups -OCH3 is 1. The summed E-state index contributed by atoms with van der Waals surface area (Å²) < 4.78 is 45.6. The Bertz CT molecular complexity index is 2000.